The molecule has 1 aliphatic rings. The summed E-state index contributed by atoms with van der Waals surface area (Å²) < 4.78 is 5.77. The average Bonchev–Trinajstić information content (AvgIpc) is 3.10. The van der Waals surface area contributed by atoms with Gasteiger partial charge < -0.3 is 4.74 Å². The Morgan fingerprint density at radius 1 is 1.00 bits per heavy atom. The molecule has 28 heavy (non-hydrogen) atoms. The number of hydrogen-bond donors (Lipinski definition) is 2. The SMILES string of the molecule is Cc1cccc(Oc2cnc3c(n2)N(Cc2ccc4ncccc4c2)NN3)n1. The van der Waals surface area contributed by atoms with E-state index in [2.05, 4.69) is 49.1 Å². The Balaban J connectivity index is 1.40. The number of anilines is 2. The lowest BCUT2D eigenvalue weighted by Crippen LogP contribution is -2.35. The number of aryl methyl sites for hydroxylation is 1. The van der Waals surface area contributed by atoms with Crippen LogP contribution in [0.15, 0.2) is 60.9 Å². The molecule has 4 heterocycles. The number of ether oxygens (including phenoxy) is 1. The van der Waals surface area contributed by atoms with E-state index < -0.39 is 0 Å². The molecule has 8 nitrogen and oxygen atoms in total. The van der Waals surface area contributed by atoms with Crippen molar-refractivity contribution in [2.75, 3.05) is 10.4 Å². The summed E-state index contributed by atoms with van der Waals surface area (Å²) in [5, 5.41) is 2.98. The number of benzene rings is 1. The van der Waals surface area contributed by atoms with Gasteiger partial charge in [0.15, 0.2) is 11.6 Å². The highest BCUT2D eigenvalue weighted by Gasteiger charge is 2.23. The Kier molecular flexibility index (Phi) is 3.95. The normalized spacial score (nSPS) is 12.7. The first-order valence-corrected chi connectivity index (χ1v) is 8.86. The van der Waals surface area contributed by atoms with Gasteiger partial charge in [-0.05, 0) is 36.8 Å². The lowest BCUT2D eigenvalue weighted by molar-refractivity contribution is 0.441. The van der Waals surface area contributed by atoms with E-state index in [4.69, 9.17) is 4.74 Å². The molecule has 0 atom stereocenters. The minimum Gasteiger partial charge on any atom is -0.419 e. The number of nitrogens with zero attached hydrogens (tertiary/aromatic N) is 5. The molecule has 0 radical (unpaired) electrons. The van der Waals surface area contributed by atoms with Crippen molar-refractivity contribution in [3.8, 4) is 11.8 Å². The topological polar surface area (TPSA) is 88.1 Å². The highest BCUT2D eigenvalue weighted by molar-refractivity contribution is 5.79. The van der Waals surface area contributed by atoms with Crippen molar-refractivity contribution in [3.63, 3.8) is 0 Å². The molecule has 5 rings (SSSR count). The number of hydrazine groups is 2. The monoisotopic (exact) mass is 371 g/mol. The molecule has 0 saturated carbocycles. The Labute approximate surface area is 161 Å². The Morgan fingerprint density at radius 2 is 1.96 bits per heavy atom. The smallest absolute Gasteiger partial charge is 0.241 e. The molecule has 0 saturated heterocycles. The van der Waals surface area contributed by atoms with Crippen molar-refractivity contribution >= 4 is 22.5 Å². The summed E-state index contributed by atoms with van der Waals surface area (Å²) in [7, 11) is 0. The van der Waals surface area contributed by atoms with Crippen molar-refractivity contribution in [1.29, 1.82) is 0 Å². The van der Waals surface area contributed by atoms with Crippen LogP contribution < -0.4 is 20.7 Å². The number of fused-ring (bicyclic) bond motifs is 2. The summed E-state index contributed by atoms with van der Waals surface area (Å²) in [5.74, 6) is 2.18. The van der Waals surface area contributed by atoms with E-state index in [0.717, 1.165) is 22.2 Å². The number of aromatic nitrogens is 4. The Morgan fingerprint density at radius 3 is 2.89 bits per heavy atom. The molecule has 4 aromatic rings. The number of hydrogen-bond acceptors (Lipinski definition) is 8. The Hall–Kier alpha value is -3.78. The maximum absolute atomic E-state index is 5.77. The minimum absolute atomic E-state index is 0.384. The van der Waals surface area contributed by atoms with Crippen molar-refractivity contribution in [1.82, 2.24) is 25.5 Å². The first-order valence-electron chi connectivity index (χ1n) is 8.86. The summed E-state index contributed by atoms with van der Waals surface area (Å²) in [6, 6.07) is 15.8. The Bertz CT molecular complexity index is 1160. The van der Waals surface area contributed by atoms with Gasteiger partial charge in [0.1, 0.15) is 0 Å². The summed E-state index contributed by atoms with van der Waals surface area (Å²) in [6.45, 7) is 2.52. The maximum atomic E-state index is 5.77. The molecular weight excluding hydrogens is 354 g/mol. The molecule has 3 aromatic heterocycles. The number of pyridine rings is 2. The van der Waals surface area contributed by atoms with Gasteiger partial charge in [-0.3, -0.25) is 15.4 Å². The number of nitrogens with one attached hydrogen (secondary N) is 2. The van der Waals surface area contributed by atoms with E-state index in [-0.39, 0.29) is 0 Å². The van der Waals surface area contributed by atoms with Gasteiger partial charge in [0.2, 0.25) is 11.8 Å². The van der Waals surface area contributed by atoms with E-state index in [1.165, 1.54) is 0 Å². The summed E-state index contributed by atoms with van der Waals surface area (Å²) >= 11 is 0. The van der Waals surface area contributed by atoms with E-state index in [9.17, 15) is 0 Å². The zero-order valence-corrected chi connectivity index (χ0v) is 15.1. The van der Waals surface area contributed by atoms with Gasteiger partial charge in [-0.1, -0.05) is 18.2 Å². The third-order valence-electron chi connectivity index (χ3n) is 4.38. The third-order valence-corrected chi connectivity index (χ3v) is 4.38. The maximum Gasteiger partial charge on any atom is 0.241 e. The van der Waals surface area contributed by atoms with Crippen LogP contribution in [-0.2, 0) is 6.54 Å². The third kappa shape index (κ3) is 3.17. The van der Waals surface area contributed by atoms with Crippen LogP contribution >= 0.6 is 0 Å². The van der Waals surface area contributed by atoms with Crippen LogP contribution in [0.5, 0.6) is 11.8 Å². The van der Waals surface area contributed by atoms with Crippen molar-refractivity contribution in [2.24, 2.45) is 0 Å². The van der Waals surface area contributed by atoms with Crippen LogP contribution in [0.1, 0.15) is 11.3 Å². The van der Waals surface area contributed by atoms with E-state index in [1.54, 1.807) is 18.5 Å². The fourth-order valence-corrected chi connectivity index (χ4v) is 3.07. The van der Waals surface area contributed by atoms with Crippen molar-refractivity contribution in [3.05, 3.63) is 72.2 Å². The van der Waals surface area contributed by atoms with Gasteiger partial charge in [0, 0.05) is 23.3 Å². The average molecular weight is 371 g/mol. The van der Waals surface area contributed by atoms with Gasteiger partial charge >= 0.3 is 0 Å². The molecule has 0 fully saturated rings. The van der Waals surface area contributed by atoms with E-state index >= 15 is 0 Å². The molecule has 0 unspecified atom stereocenters. The molecule has 1 aromatic carbocycles. The molecule has 2 N–H and O–H groups in total. The van der Waals surface area contributed by atoms with Crippen LogP contribution in [0.25, 0.3) is 10.9 Å². The zero-order valence-electron chi connectivity index (χ0n) is 15.1. The van der Waals surface area contributed by atoms with E-state index in [0.29, 0.717) is 29.9 Å². The van der Waals surface area contributed by atoms with Crippen LogP contribution in [0.3, 0.4) is 0 Å². The van der Waals surface area contributed by atoms with Gasteiger partial charge in [-0.15, -0.1) is 5.53 Å². The highest BCUT2D eigenvalue weighted by Crippen LogP contribution is 2.29. The highest BCUT2D eigenvalue weighted by atomic mass is 16.5. The van der Waals surface area contributed by atoms with Crippen molar-refractivity contribution in [2.45, 2.75) is 13.5 Å². The summed E-state index contributed by atoms with van der Waals surface area (Å²) in [6.07, 6.45) is 3.37. The van der Waals surface area contributed by atoms with Gasteiger partial charge in [-0.2, -0.15) is 4.98 Å². The largest absolute Gasteiger partial charge is 0.419 e. The van der Waals surface area contributed by atoms with Crippen molar-refractivity contribution < 1.29 is 4.74 Å². The second kappa shape index (κ2) is 6.75. The van der Waals surface area contributed by atoms with Crippen LogP contribution in [0.2, 0.25) is 0 Å². The second-order valence-electron chi connectivity index (χ2n) is 6.45. The zero-order chi connectivity index (χ0) is 18.9. The van der Waals surface area contributed by atoms with Crippen LogP contribution in [0.4, 0.5) is 11.6 Å². The second-order valence-corrected chi connectivity index (χ2v) is 6.45. The number of rotatable bonds is 4. The summed E-state index contributed by atoms with van der Waals surface area (Å²) in [4.78, 5) is 17.7. The van der Waals surface area contributed by atoms with Gasteiger partial charge in [0.25, 0.3) is 0 Å². The quantitative estimate of drug-likeness (QED) is 0.564. The fraction of sp³-hybridized carbons (Fsp3) is 0.100. The lowest BCUT2D eigenvalue weighted by atomic mass is 10.1. The predicted molar refractivity (Wildman–Crippen MR) is 106 cm³/mol. The van der Waals surface area contributed by atoms with Crippen LogP contribution in [-0.4, -0.2) is 19.9 Å². The molecule has 138 valence electrons. The minimum atomic E-state index is 0.384. The van der Waals surface area contributed by atoms with Gasteiger partial charge in [-0.25, -0.2) is 9.97 Å². The summed E-state index contributed by atoms with van der Waals surface area (Å²) in [5.41, 5.74) is 9.09. The standard InChI is InChI=1S/C20H17N7O/c1-13-4-2-6-17(23-13)28-18-11-22-19-20(24-18)27(26-25-19)12-14-7-8-16-15(10-14)5-3-9-21-16/h2-11,26H,12H2,1H3,(H,22,25). The fourth-order valence-electron chi connectivity index (χ4n) is 3.07. The molecule has 8 heteroatoms. The predicted octanol–water partition coefficient (Wildman–Crippen LogP) is 3.37. The lowest BCUT2D eigenvalue weighted by Gasteiger charge is -2.17. The molecule has 0 aliphatic carbocycles. The first-order chi connectivity index (χ1) is 13.7. The molecule has 0 spiro atoms. The molecule has 0 amide bonds. The molecule has 1 aliphatic heterocycles. The molecular formula is C20H17N7O. The molecule has 0 bridgehead atoms. The van der Waals surface area contributed by atoms with Crippen LogP contribution in [0, 0.1) is 6.92 Å². The first kappa shape index (κ1) is 16.4. The van der Waals surface area contributed by atoms with E-state index in [1.807, 2.05) is 36.2 Å². The van der Waals surface area contributed by atoms with Gasteiger partial charge in [0.05, 0.1) is 18.3 Å².